The summed E-state index contributed by atoms with van der Waals surface area (Å²) in [4.78, 5) is 37.6. The van der Waals surface area contributed by atoms with Gasteiger partial charge in [0.2, 0.25) is 5.91 Å². The quantitative estimate of drug-likeness (QED) is 0.618. The van der Waals surface area contributed by atoms with E-state index in [0.717, 1.165) is 0 Å². The number of para-hydroxylation sites is 2. The lowest BCUT2D eigenvalue weighted by molar-refractivity contribution is -0.135. The lowest BCUT2D eigenvalue weighted by atomic mass is 10.1. The number of hydrogen-bond donors (Lipinski definition) is 3. The molecule has 7 nitrogen and oxygen atoms in total. The molecule has 2 rings (SSSR count). The highest BCUT2D eigenvalue weighted by atomic mass is 16.4. The van der Waals surface area contributed by atoms with Crippen molar-refractivity contribution in [2.75, 3.05) is 29.9 Å². The number of carbonyl (C=O) groups excluding carboxylic acids is 2. The van der Waals surface area contributed by atoms with E-state index in [9.17, 15) is 14.4 Å². The van der Waals surface area contributed by atoms with E-state index in [-0.39, 0.29) is 19.0 Å². The molecule has 148 valence electrons. The molecule has 0 aliphatic carbocycles. The average molecular weight is 383 g/mol. The zero-order valence-electron chi connectivity index (χ0n) is 16.0. The second-order valence-corrected chi connectivity index (χ2v) is 6.78. The van der Waals surface area contributed by atoms with Crippen molar-refractivity contribution >= 4 is 29.2 Å². The van der Waals surface area contributed by atoms with Crippen molar-refractivity contribution in [1.82, 2.24) is 5.32 Å². The Bertz CT molecular complexity index is 821. The molecule has 0 aliphatic rings. The smallest absolute Gasteiger partial charge is 0.323 e. The summed E-state index contributed by atoms with van der Waals surface area (Å²) in [6.07, 6.45) is 0. The number of benzene rings is 2. The molecule has 3 N–H and O–H groups in total. The normalized spacial score (nSPS) is 10.4. The first-order valence-corrected chi connectivity index (χ1v) is 9.05. The number of carboxylic acids is 1. The first-order chi connectivity index (χ1) is 13.4. The minimum Gasteiger partial charge on any atom is -0.480 e. The second kappa shape index (κ2) is 10.1. The molecule has 2 amide bonds. The van der Waals surface area contributed by atoms with E-state index in [1.54, 1.807) is 48.5 Å². The Morgan fingerprint density at radius 1 is 0.964 bits per heavy atom. The molecule has 0 aromatic heterocycles. The van der Waals surface area contributed by atoms with Gasteiger partial charge in [-0.2, -0.15) is 0 Å². The van der Waals surface area contributed by atoms with Crippen LogP contribution in [0.15, 0.2) is 54.6 Å². The highest BCUT2D eigenvalue weighted by Crippen LogP contribution is 2.17. The molecule has 0 spiro atoms. The number of nitrogens with one attached hydrogen (secondary N) is 2. The minimum atomic E-state index is -1.04. The van der Waals surface area contributed by atoms with Crippen molar-refractivity contribution in [3.05, 3.63) is 60.2 Å². The van der Waals surface area contributed by atoms with Crippen LogP contribution in [-0.4, -0.2) is 42.5 Å². The predicted molar refractivity (Wildman–Crippen MR) is 109 cm³/mol. The molecular formula is C21H25N3O4. The van der Waals surface area contributed by atoms with E-state index in [4.69, 9.17) is 5.11 Å². The van der Waals surface area contributed by atoms with E-state index < -0.39 is 11.9 Å². The van der Waals surface area contributed by atoms with Crippen molar-refractivity contribution in [3.63, 3.8) is 0 Å². The molecule has 0 heterocycles. The SMILES string of the molecule is CC(C)CNC(=O)c1ccccc1NC(=O)CN(CC(=O)O)c1ccccc1. The maximum Gasteiger partial charge on any atom is 0.323 e. The van der Waals surface area contributed by atoms with E-state index in [0.29, 0.717) is 29.4 Å². The third-order valence-corrected chi connectivity index (χ3v) is 3.90. The van der Waals surface area contributed by atoms with Gasteiger partial charge in [0.15, 0.2) is 0 Å². The van der Waals surface area contributed by atoms with Crippen LogP contribution in [0.3, 0.4) is 0 Å². The van der Waals surface area contributed by atoms with Crippen molar-refractivity contribution in [2.24, 2.45) is 5.92 Å². The Kier molecular flexibility index (Phi) is 7.56. The summed E-state index contributed by atoms with van der Waals surface area (Å²) in [7, 11) is 0. The monoisotopic (exact) mass is 383 g/mol. The lowest BCUT2D eigenvalue weighted by Crippen LogP contribution is -2.37. The zero-order valence-corrected chi connectivity index (χ0v) is 16.0. The first kappa shape index (κ1) is 21.0. The largest absolute Gasteiger partial charge is 0.480 e. The van der Waals surface area contributed by atoms with Crippen LogP contribution in [0.25, 0.3) is 0 Å². The van der Waals surface area contributed by atoms with Gasteiger partial charge in [0.25, 0.3) is 5.91 Å². The zero-order chi connectivity index (χ0) is 20.5. The van der Waals surface area contributed by atoms with Crippen LogP contribution in [0.4, 0.5) is 11.4 Å². The molecule has 0 saturated carbocycles. The summed E-state index contributed by atoms with van der Waals surface area (Å²) in [5.41, 5.74) is 1.38. The van der Waals surface area contributed by atoms with Gasteiger partial charge in [-0.1, -0.05) is 44.2 Å². The molecule has 0 atom stereocenters. The van der Waals surface area contributed by atoms with Gasteiger partial charge in [0.1, 0.15) is 6.54 Å². The molecule has 0 saturated heterocycles. The molecule has 7 heteroatoms. The third-order valence-electron chi connectivity index (χ3n) is 3.90. The van der Waals surface area contributed by atoms with Crippen molar-refractivity contribution in [1.29, 1.82) is 0 Å². The molecule has 0 radical (unpaired) electrons. The summed E-state index contributed by atoms with van der Waals surface area (Å²) in [5, 5.41) is 14.7. The van der Waals surface area contributed by atoms with Gasteiger partial charge >= 0.3 is 5.97 Å². The number of rotatable bonds is 9. The van der Waals surface area contributed by atoms with Crippen LogP contribution in [0.2, 0.25) is 0 Å². The van der Waals surface area contributed by atoms with E-state index in [2.05, 4.69) is 10.6 Å². The Morgan fingerprint density at radius 3 is 2.25 bits per heavy atom. The van der Waals surface area contributed by atoms with Crippen molar-refractivity contribution in [3.8, 4) is 0 Å². The predicted octanol–water partition coefficient (Wildman–Crippen LogP) is 2.60. The van der Waals surface area contributed by atoms with Crippen LogP contribution in [0.1, 0.15) is 24.2 Å². The summed E-state index contributed by atoms with van der Waals surface area (Å²) in [6, 6.07) is 15.6. The van der Waals surface area contributed by atoms with Crippen LogP contribution in [-0.2, 0) is 9.59 Å². The summed E-state index contributed by atoms with van der Waals surface area (Å²) in [6.45, 7) is 4.05. The van der Waals surface area contributed by atoms with Crippen LogP contribution < -0.4 is 15.5 Å². The van der Waals surface area contributed by atoms with Gasteiger partial charge < -0.3 is 20.6 Å². The van der Waals surface area contributed by atoms with Crippen LogP contribution in [0, 0.1) is 5.92 Å². The molecule has 0 bridgehead atoms. The fourth-order valence-electron chi connectivity index (χ4n) is 2.59. The number of anilines is 2. The van der Waals surface area contributed by atoms with Gasteiger partial charge in [-0.15, -0.1) is 0 Å². The minimum absolute atomic E-state index is 0.155. The van der Waals surface area contributed by atoms with E-state index in [1.165, 1.54) is 4.90 Å². The van der Waals surface area contributed by atoms with Gasteiger partial charge in [-0.25, -0.2) is 0 Å². The van der Waals surface area contributed by atoms with Crippen molar-refractivity contribution in [2.45, 2.75) is 13.8 Å². The Hall–Kier alpha value is -3.35. The lowest BCUT2D eigenvalue weighted by Gasteiger charge is -2.22. The standard InChI is InChI=1S/C21H25N3O4/c1-15(2)12-22-21(28)17-10-6-7-11-18(17)23-19(25)13-24(14-20(26)27)16-8-4-3-5-9-16/h3-11,15H,12-14H2,1-2H3,(H,22,28)(H,23,25)(H,26,27). The van der Waals surface area contributed by atoms with Gasteiger partial charge in [0, 0.05) is 12.2 Å². The Morgan fingerprint density at radius 2 is 1.61 bits per heavy atom. The summed E-state index contributed by atoms with van der Waals surface area (Å²) >= 11 is 0. The fourth-order valence-corrected chi connectivity index (χ4v) is 2.59. The number of carboxylic acid groups (broad SMARTS) is 1. The molecule has 28 heavy (non-hydrogen) atoms. The Labute approximate surface area is 164 Å². The second-order valence-electron chi connectivity index (χ2n) is 6.78. The number of carbonyl (C=O) groups is 3. The number of aliphatic carboxylic acids is 1. The van der Waals surface area contributed by atoms with Gasteiger partial charge in [-0.05, 0) is 30.2 Å². The van der Waals surface area contributed by atoms with Gasteiger partial charge in [0.05, 0.1) is 17.8 Å². The molecule has 0 aliphatic heterocycles. The summed E-state index contributed by atoms with van der Waals surface area (Å²) < 4.78 is 0. The number of nitrogens with zero attached hydrogens (tertiary/aromatic N) is 1. The van der Waals surface area contributed by atoms with E-state index in [1.807, 2.05) is 19.9 Å². The first-order valence-electron chi connectivity index (χ1n) is 9.05. The fraction of sp³-hybridized carbons (Fsp3) is 0.286. The number of amides is 2. The summed E-state index contributed by atoms with van der Waals surface area (Å²) in [5.74, 6) is -1.41. The van der Waals surface area contributed by atoms with Crippen LogP contribution in [0.5, 0.6) is 0 Å². The highest BCUT2D eigenvalue weighted by molar-refractivity contribution is 6.04. The Balaban J connectivity index is 2.11. The molecule has 0 unspecified atom stereocenters. The maximum absolute atomic E-state index is 12.5. The van der Waals surface area contributed by atoms with Crippen molar-refractivity contribution < 1.29 is 19.5 Å². The number of hydrogen-bond acceptors (Lipinski definition) is 4. The van der Waals surface area contributed by atoms with Gasteiger partial charge in [-0.3, -0.25) is 14.4 Å². The molecule has 0 fully saturated rings. The average Bonchev–Trinajstić information content (AvgIpc) is 2.66. The highest BCUT2D eigenvalue weighted by Gasteiger charge is 2.17. The van der Waals surface area contributed by atoms with Crippen LogP contribution >= 0.6 is 0 Å². The topological polar surface area (TPSA) is 98.7 Å². The molecule has 2 aromatic rings. The third kappa shape index (κ3) is 6.42. The maximum atomic E-state index is 12.5. The molecular weight excluding hydrogens is 358 g/mol. The van der Waals surface area contributed by atoms with E-state index >= 15 is 0 Å². The molecule has 2 aromatic carbocycles.